The van der Waals surface area contributed by atoms with Crippen molar-refractivity contribution in [2.75, 3.05) is 31.2 Å². The summed E-state index contributed by atoms with van der Waals surface area (Å²) in [5, 5.41) is 2.84. The maximum absolute atomic E-state index is 12.9. The molecule has 2 fully saturated rings. The first-order chi connectivity index (χ1) is 14.4. The van der Waals surface area contributed by atoms with Gasteiger partial charge in [0, 0.05) is 18.8 Å². The van der Waals surface area contributed by atoms with Crippen molar-refractivity contribution in [3.63, 3.8) is 0 Å². The molecule has 0 bridgehead atoms. The summed E-state index contributed by atoms with van der Waals surface area (Å²) in [6.45, 7) is 3.09. The summed E-state index contributed by atoms with van der Waals surface area (Å²) in [6, 6.07) is 12.5. The van der Waals surface area contributed by atoms with E-state index in [0.717, 1.165) is 48.2 Å². The van der Waals surface area contributed by atoms with Crippen molar-refractivity contribution in [2.24, 2.45) is 4.99 Å². The van der Waals surface area contributed by atoms with Gasteiger partial charge in [0.05, 0.1) is 29.4 Å². The fourth-order valence-electron chi connectivity index (χ4n) is 3.10. The Morgan fingerprint density at radius 3 is 2.53 bits per heavy atom. The second-order valence-corrected chi connectivity index (χ2v) is 7.75. The highest BCUT2D eigenvalue weighted by Crippen LogP contribution is 2.33. The third-order valence-corrected chi connectivity index (χ3v) is 5.53. The zero-order valence-corrected chi connectivity index (χ0v) is 16.6. The van der Waals surface area contributed by atoms with E-state index >= 15 is 0 Å². The van der Waals surface area contributed by atoms with E-state index in [1.807, 2.05) is 24.3 Å². The fourth-order valence-corrected chi connectivity index (χ4v) is 3.95. The molecule has 2 aromatic rings. The molecule has 2 heterocycles. The Kier molecular flexibility index (Phi) is 5.83. The largest absolute Gasteiger partial charge is 0.416 e. The van der Waals surface area contributed by atoms with Gasteiger partial charge < -0.3 is 15.0 Å². The predicted octanol–water partition coefficient (Wildman–Crippen LogP) is 4.43. The number of hydrogen-bond acceptors (Lipinski definition) is 5. The van der Waals surface area contributed by atoms with Crippen molar-refractivity contribution in [3.05, 3.63) is 64.6 Å². The van der Waals surface area contributed by atoms with Gasteiger partial charge in [-0.05, 0) is 53.7 Å². The number of amidine groups is 1. The number of benzene rings is 2. The minimum absolute atomic E-state index is 0.128. The van der Waals surface area contributed by atoms with Gasteiger partial charge in [-0.1, -0.05) is 18.2 Å². The number of thioether (sulfide) groups is 1. The Balaban J connectivity index is 1.48. The van der Waals surface area contributed by atoms with Gasteiger partial charge in [-0.25, -0.2) is 4.99 Å². The Bertz CT molecular complexity index is 997. The van der Waals surface area contributed by atoms with E-state index in [4.69, 9.17) is 4.74 Å². The number of alkyl halides is 3. The van der Waals surface area contributed by atoms with Crippen molar-refractivity contribution >= 4 is 40.3 Å². The van der Waals surface area contributed by atoms with Gasteiger partial charge in [-0.3, -0.25) is 4.79 Å². The molecule has 0 saturated carbocycles. The molecule has 0 aromatic heterocycles. The summed E-state index contributed by atoms with van der Waals surface area (Å²) in [4.78, 5) is 19.0. The number of rotatable bonds is 3. The van der Waals surface area contributed by atoms with Crippen molar-refractivity contribution < 1.29 is 22.7 Å². The topological polar surface area (TPSA) is 53.9 Å². The highest BCUT2D eigenvalue weighted by Gasteiger charge is 2.30. The van der Waals surface area contributed by atoms with E-state index in [1.165, 1.54) is 12.1 Å². The second kappa shape index (κ2) is 8.53. The molecular weight excluding hydrogens is 415 g/mol. The van der Waals surface area contributed by atoms with Crippen LogP contribution in [0.4, 0.5) is 24.5 Å². The van der Waals surface area contributed by atoms with Crippen LogP contribution in [-0.4, -0.2) is 37.4 Å². The van der Waals surface area contributed by atoms with Crippen LogP contribution in [0.25, 0.3) is 6.08 Å². The van der Waals surface area contributed by atoms with E-state index in [9.17, 15) is 18.0 Å². The molecule has 0 aliphatic carbocycles. The Hall–Kier alpha value is -2.78. The number of hydrogen-bond donors (Lipinski definition) is 1. The van der Waals surface area contributed by atoms with Crippen LogP contribution in [-0.2, 0) is 15.7 Å². The molecule has 2 aliphatic rings. The molecular formula is C21H18F3N3O2S. The van der Waals surface area contributed by atoms with E-state index in [2.05, 4.69) is 15.2 Å². The van der Waals surface area contributed by atoms with Gasteiger partial charge in [-0.15, -0.1) is 0 Å². The molecule has 1 N–H and O–H groups in total. The summed E-state index contributed by atoms with van der Waals surface area (Å²) in [5.41, 5.74) is 1.29. The van der Waals surface area contributed by atoms with Crippen molar-refractivity contribution in [1.82, 2.24) is 5.32 Å². The zero-order valence-electron chi connectivity index (χ0n) is 15.8. The molecule has 4 rings (SSSR count). The van der Waals surface area contributed by atoms with E-state index in [-0.39, 0.29) is 16.8 Å². The number of aliphatic imine (C=N–C) groups is 1. The number of morpholine rings is 1. The number of carbonyl (C=O) groups is 1. The first-order valence-electron chi connectivity index (χ1n) is 9.28. The van der Waals surface area contributed by atoms with Crippen LogP contribution < -0.4 is 10.2 Å². The first kappa shape index (κ1) is 20.5. The molecule has 2 saturated heterocycles. The number of nitrogens with one attached hydrogen (secondary N) is 1. The van der Waals surface area contributed by atoms with E-state index < -0.39 is 11.7 Å². The van der Waals surface area contributed by atoms with Crippen LogP contribution in [0.15, 0.2) is 58.4 Å². The highest BCUT2D eigenvalue weighted by molar-refractivity contribution is 8.18. The molecule has 9 heteroatoms. The molecule has 5 nitrogen and oxygen atoms in total. The van der Waals surface area contributed by atoms with Gasteiger partial charge in [0.25, 0.3) is 5.91 Å². The lowest BCUT2D eigenvalue weighted by Crippen LogP contribution is -2.36. The number of carbonyl (C=O) groups excluding carboxylic acids is 1. The molecule has 0 radical (unpaired) electrons. The lowest BCUT2D eigenvalue weighted by atomic mass is 10.1. The second-order valence-electron chi connectivity index (χ2n) is 6.72. The van der Waals surface area contributed by atoms with Crippen LogP contribution in [0.3, 0.4) is 0 Å². The van der Waals surface area contributed by atoms with Crippen molar-refractivity contribution in [3.8, 4) is 0 Å². The quantitative estimate of drug-likeness (QED) is 0.728. The van der Waals surface area contributed by atoms with Gasteiger partial charge in [0.15, 0.2) is 5.17 Å². The summed E-state index contributed by atoms with van der Waals surface area (Å²) in [5.74, 6) is -0.331. The van der Waals surface area contributed by atoms with E-state index in [0.29, 0.717) is 18.1 Å². The highest BCUT2D eigenvalue weighted by atomic mass is 32.2. The molecule has 0 unspecified atom stereocenters. The predicted molar refractivity (Wildman–Crippen MR) is 112 cm³/mol. The van der Waals surface area contributed by atoms with Gasteiger partial charge in [0.2, 0.25) is 0 Å². The third-order valence-electron chi connectivity index (χ3n) is 4.62. The first-order valence-corrected chi connectivity index (χ1v) is 10.1. The van der Waals surface area contributed by atoms with Crippen molar-refractivity contribution in [2.45, 2.75) is 6.18 Å². The van der Waals surface area contributed by atoms with Crippen LogP contribution in [0.1, 0.15) is 11.1 Å². The third kappa shape index (κ3) is 4.85. The Labute approximate surface area is 175 Å². The standard InChI is InChI=1S/C21H18F3N3O2S/c22-21(23,24)15-2-1-3-16(13-15)25-20-26-19(28)18(30-20)12-14-4-6-17(7-5-14)27-8-10-29-11-9-27/h1-7,12-13H,8-11H2,(H,25,26,28)/b18-12-. The molecule has 1 amide bonds. The Morgan fingerprint density at radius 2 is 1.83 bits per heavy atom. The number of halogens is 3. The summed E-state index contributed by atoms with van der Waals surface area (Å²) in [6.07, 6.45) is -2.71. The van der Waals surface area contributed by atoms with Crippen LogP contribution in [0.5, 0.6) is 0 Å². The summed E-state index contributed by atoms with van der Waals surface area (Å²) < 4.78 is 43.9. The zero-order chi connectivity index (χ0) is 21.1. The normalized spacial score (nSPS) is 20.1. The smallest absolute Gasteiger partial charge is 0.378 e. The minimum atomic E-state index is -4.44. The van der Waals surface area contributed by atoms with Crippen LogP contribution >= 0.6 is 11.8 Å². The molecule has 2 aromatic carbocycles. The average Bonchev–Trinajstić information content (AvgIpc) is 3.07. The average molecular weight is 433 g/mol. The molecule has 2 aliphatic heterocycles. The molecule has 0 spiro atoms. The van der Waals surface area contributed by atoms with Crippen LogP contribution in [0, 0.1) is 0 Å². The van der Waals surface area contributed by atoms with E-state index in [1.54, 1.807) is 6.08 Å². The lowest BCUT2D eigenvalue weighted by molar-refractivity contribution is -0.137. The SMILES string of the molecule is O=C1NC(=Nc2cccc(C(F)(F)F)c2)S/C1=C\c1ccc(N2CCOCC2)cc1. The van der Waals surface area contributed by atoms with Crippen molar-refractivity contribution in [1.29, 1.82) is 0 Å². The number of nitrogens with zero attached hydrogens (tertiary/aromatic N) is 2. The number of amides is 1. The number of ether oxygens (including phenoxy) is 1. The number of anilines is 1. The maximum atomic E-state index is 12.9. The Morgan fingerprint density at radius 1 is 1.10 bits per heavy atom. The maximum Gasteiger partial charge on any atom is 0.416 e. The summed E-state index contributed by atoms with van der Waals surface area (Å²) >= 11 is 1.10. The molecule has 0 atom stereocenters. The monoisotopic (exact) mass is 433 g/mol. The molecule has 30 heavy (non-hydrogen) atoms. The summed E-state index contributed by atoms with van der Waals surface area (Å²) in [7, 11) is 0. The van der Waals surface area contributed by atoms with Gasteiger partial charge in [0.1, 0.15) is 0 Å². The molecule has 156 valence electrons. The van der Waals surface area contributed by atoms with Gasteiger partial charge in [-0.2, -0.15) is 13.2 Å². The van der Waals surface area contributed by atoms with Gasteiger partial charge >= 0.3 is 6.18 Å². The lowest BCUT2D eigenvalue weighted by Gasteiger charge is -2.28. The fraction of sp³-hybridized carbons (Fsp3) is 0.238. The van der Waals surface area contributed by atoms with Crippen LogP contribution in [0.2, 0.25) is 0 Å². The minimum Gasteiger partial charge on any atom is -0.378 e.